The molecule has 0 heterocycles. The van der Waals surface area contributed by atoms with E-state index >= 15 is 0 Å². The molecule has 0 atom stereocenters. The third-order valence-corrected chi connectivity index (χ3v) is 10.7. The fourth-order valence-electron chi connectivity index (χ4n) is 4.05. The highest BCUT2D eigenvalue weighted by Gasteiger charge is 2.50. The number of hydrogen-bond acceptors (Lipinski definition) is 4. The maximum Gasteiger partial charge on any atom is 0.261 e. The molecule has 0 saturated carbocycles. The molecule has 0 aliphatic rings. The van der Waals surface area contributed by atoms with Gasteiger partial charge >= 0.3 is 0 Å². The zero-order chi connectivity index (χ0) is 22.5. The van der Waals surface area contributed by atoms with Gasteiger partial charge in [0.2, 0.25) is 0 Å². The van der Waals surface area contributed by atoms with Crippen molar-refractivity contribution >= 4 is 18.7 Å². The van der Waals surface area contributed by atoms with Crippen LogP contribution in [0.5, 0.6) is 17.2 Å². The van der Waals surface area contributed by atoms with Crippen molar-refractivity contribution in [1.82, 2.24) is 0 Å². The van der Waals surface area contributed by atoms with Gasteiger partial charge in [0.1, 0.15) is 17.2 Å². The lowest BCUT2D eigenvalue weighted by Crippen LogP contribution is -2.66. The first-order valence-electron chi connectivity index (χ1n) is 10.5. The van der Waals surface area contributed by atoms with Gasteiger partial charge < -0.3 is 19.0 Å². The van der Waals surface area contributed by atoms with Crippen LogP contribution in [0.15, 0.2) is 72.8 Å². The Balaban J connectivity index is 2.03. The van der Waals surface area contributed by atoms with Gasteiger partial charge in [0, 0.05) is 6.61 Å². The standard InChI is InChI=1S/C26H32O4Si/c1-26(2,3)31(24-14-10-22(28-4)11-15-24,25-16-12-23(29-5)13-17-25)30-19-18-20-6-8-21(27)9-7-20/h6-17,27H,18-19H2,1-5H3. The van der Waals surface area contributed by atoms with Crippen molar-refractivity contribution in [2.75, 3.05) is 20.8 Å². The molecule has 0 saturated heterocycles. The van der Waals surface area contributed by atoms with E-state index in [2.05, 4.69) is 45.0 Å². The van der Waals surface area contributed by atoms with Crippen molar-refractivity contribution in [2.45, 2.75) is 32.2 Å². The smallest absolute Gasteiger partial charge is 0.261 e. The number of ether oxygens (including phenoxy) is 2. The van der Waals surface area contributed by atoms with Crippen LogP contribution < -0.4 is 19.8 Å². The van der Waals surface area contributed by atoms with E-state index in [0.29, 0.717) is 6.61 Å². The van der Waals surface area contributed by atoms with Crippen molar-refractivity contribution in [3.63, 3.8) is 0 Å². The lowest BCUT2D eigenvalue weighted by atomic mass is 10.2. The molecule has 31 heavy (non-hydrogen) atoms. The van der Waals surface area contributed by atoms with Gasteiger partial charge in [0.05, 0.1) is 14.2 Å². The maximum atomic E-state index is 9.56. The summed E-state index contributed by atoms with van der Waals surface area (Å²) >= 11 is 0. The quantitative estimate of drug-likeness (QED) is 0.527. The highest BCUT2D eigenvalue weighted by atomic mass is 28.4. The van der Waals surface area contributed by atoms with Crippen molar-refractivity contribution in [1.29, 1.82) is 0 Å². The van der Waals surface area contributed by atoms with E-state index in [4.69, 9.17) is 13.9 Å². The number of phenolic OH excluding ortho intramolecular Hbond substituents is 1. The van der Waals surface area contributed by atoms with Gasteiger partial charge in [-0.3, -0.25) is 0 Å². The van der Waals surface area contributed by atoms with Crippen LogP contribution in [-0.2, 0) is 10.8 Å². The summed E-state index contributed by atoms with van der Waals surface area (Å²) in [5.41, 5.74) is 1.14. The molecule has 0 aromatic heterocycles. The maximum absolute atomic E-state index is 9.56. The molecule has 0 aliphatic carbocycles. The van der Waals surface area contributed by atoms with Crippen LogP contribution in [0.25, 0.3) is 0 Å². The normalized spacial score (nSPS) is 11.9. The van der Waals surface area contributed by atoms with Gasteiger partial charge in [-0.1, -0.05) is 57.2 Å². The number of aromatic hydroxyl groups is 1. The van der Waals surface area contributed by atoms with Crippen LogP contribution >= 0.6 is 0 Å². The van der Waals surface area contributed by atoms with Gasteiger partial charge in [0.15, 0.2) is 0 Å². The summed E-state index contributed by atoms with van der Waals surface area (Å²) in [4.78, 5) is 0. The third-order valence-electron chi connectivity index (χ3n) is 5.69. The van der Waals surface area contributed by atoms with Crippen LogP contribution in [-0.4, -0.2) is 34.3 Å². The molecule has 5 heteroatoms. The van der Waals surface area contributed by atoms with Crippen LogP contribution in [0.3, 0.4) is 0 Å². The summed E-state index contributed by atoms with van der Waals surface area (Å²) in [7, 11) is 0.717. The van der Waals surface area contributed by atoms with E-state index in [1.807, 2.05) is 36.4 Å². The average molecular weight is 437 g/mol. The van der Waals surface area contributed by atoms with Crippen LogP contribution in [0.4, 0.5) is 0 Å². The second kappa shape index (κ2) is 9.58. The first-order valence-corrected chi connectivity index (χ1v) is 12.4. The Morgan fingerprint density at radius 1 is 0.710 bits per heavy atom. The largest absolute Gasteiger partial charge is 0.508 e. The molecular weight excluding hydrogens is 404 g/mol. The molecule has 0 bridgehead atoms. The van der Waals surface area contributed by atoms with Gasteiger partial charge in [-0.15, -0.1) is 0 Å². The molecule has 3 aromatic rings. The number of methoxy groups -OCH3 is 2. The number of rotatable bonds is 8. The second-order valence-corrected chi connectivity index (χ2v) is 13.0. The lowest BCUT2D eigenvalue weighted by Gasteiger charge is -2.43. The summed E-state index contributed by atoms with van der Waals surface area (Å²) in [6.07, 6.45) is 0.775. The Morgan fingerprint density at radius 2 is 1.16 bits per heavy atom. The average Bonchev–Trinajstić information content (AvgIpc) is 2.77. The van der Waals surface area contributed by atoms with Crippen LogP contribution in [0.2, 0.25) is 5.04 Å². The predicted molar refractivity (Wildman–Crippen MR) is 128 cm³/mol. The zero-order valence-corrected chi connectivity index (χ0v) is 20.0. The third kappa shape index (κ3) is 4.94. The Morgan fingerprint density at radius 3 is 1.55 bits per heavy atom. The fourth-order valence-corrected chi connectivity index (χ4v) is 8.56. The summed E-state index contributed by atoms with van der Waals surface area (Å²) in [5, 5.41) is 11.9. The minimum atomic E-state index is -2.65. The first kappa shape index (κ1) is 22.9. The van der Waals surface area contributed by atoms with Gasteiger partial charge in [0.25, 0.3) is 8.32 Å². The Hall–Kier alpha value is -2.76. The Bertz CT molecular complexity index is 911. The van der Waals surface area contributed by atoms with Crippen molar-refractivity contribution < 1.29 is 19.0 Å². The summed E-state index contributed by atoms with van der Waals surface area (Å²) in [6, 6.07) is 23.9. The van der Waals surface area contributed by atoms with E-state index in [9.17, 15) is 5.11 Å². The molecule has 0 unspecified atom stereocenters. The van der Waals surface area contributed by atoms with E-state index in [-0.39, 0.29) is 10.8 Å². The molecule has 0 radical (unpaired) electrons. The summed E-state index contributed by atoms with van der Waals surface area (Å²) in [5.74, 6) is 1.94. The minimum Gasteiger partial charge on any atom is -0.508 e. The molecule has 0 aliphatic heterocycles. The second-order valence-electron chi connectivity index (χ2n) is 8.65. The highest BCUT2D eigenvalue weighted by molar-refractivity contribution is 6.99. The fraction of sp³-hybridized carbons (Fsp3) is 0.308. The molecule has 1 N–H and O–H groups in total. The lowest BCUT2D eigenvalue weighted by molar-refractivity contribution is 0.301. The molecule has 0 amide bonds. The van der Waals surface area contributed by atoms with E-state index < -0.39 is 8.32 Å². The highest BCUT2D eigenvalue weighted by Crippen LogP contribution is 2.37. The predicted octanol–water partition coefficient (Wildman–Crippen LogP) is 4.53. The Kier molecular flexibility index (Phi) is 7.08. The van der Waals surface area contributed by atoms with Crippen molar-refractivity contribution in [2.24, 2.45) is 0 Å². The summed E-state index contributed by atoms with van der Waals surface area (Å²) < 4.78 is 17.7. The molecule has 0 fully saturated rings. The number of benzene rings is 3. The molecule has 4 nitrogen and oxygen atoms in total. The van der Waals surface area contributed by atoms with Crippen molar-refractivity contribution in [3.8, 4) is 17.2 Å². The molecule has 3 aromatic carbocycles. The van der Waals surface area contributed by atoms with E-state index in [0.717, 1.165) is 23.5 Å². The molecule has 3 rings (SSSR count). The Labute approximate surface area is 186 Å². The van der Waals surface area contributed by atoms with Crippen LogP contribution in [0.1, 0.15) is 26.3 Å². The SMILES string of the molecule is COc1ccc([Si](OCCc2ccc(O)cc2)(c2ccc(OC)cc2)C(C)(C)C)cc1. The minimum absolute atomic E-state index is 0.106. The van der Waals surface area contributed by atoms with Crippen LogP contribution in [0, 0.1) is 0 Å². The zero-order valence-electron chi connectivity index (χ0n) is 19.0. The monoisotopic (exact) mass is 436 g/mol. The van der Waals surface area contributed by atoms with Gasteiger partial charge in [-0.25, -0.2) is 0 Å². The van der Waals surface area contributed by atoms with E-state index in [1.54, 1.807) is 26.4 Å². The van der Waals surface area contributed by atoms with Gasteiger partial charge in [-0.05, 0) is 63.8 Å². The molecule has 0 spiro atoms. The number of hydrogen-bond donors (Lipinski definition) is 1. The topological polar surface area (TPSA) is 47.9 Å². The molecule has 164 valence electrons. The number of phenols is 1. The first-order chi connectivity index (χ1) is 14.8. The van der Waals surface area contributed by atoms with Gasteiger partial charge in [-0.2, -0.15) is 0 Å². The molecular formula is C26H32O4Si. The van der Waals surface area contributed by atoms with Crippen molar-refractivity contribution in [3.05, 3.63) is 78.4 Å². The summed E-state index contributed by atoms with van der Waals surface area (Å²) in [6.45, 7) is 7.36. The van der Waals surface area contributed by atoms with E-state index in [1.165, 1.54) is 10.4 Å².